The summed E-state index contributed by atoms with van der Waals surface area (Å²) in [7, 11) is -4.18. The molecule has 1 rings (SSSR count). The molecule has 1 unspecified atom stereocenters. The van der Waals surface area contributed by atoms with Crippen molar-refractivity contribution < 1.29 is 18.7 Å². The Morgan fingerprint density at radius 1 is 0.848 bits per heavy atom. The van der Waals surface area contributed by atoms with E-state index in [1.807, 2.05) is 6.92 Å². The van der Waals surface area contributed by atoms with E-state index in [1.165, 1.54) is 82.0 Å². The van der Waals surface area contributed by atoms with Crippen LogP contribution in [0.5, 0.6) is 0 Å². The number of carbonyl (C=O) groups excluding carboxylic acids is 1. The van der Waals surface area contributed by atoms with Crippen LogP contribution in [0.25, 0.3) is 0 Å². The van der Waals surface area contributed by atoms with E-state index >= 15 is 0 Å². The normalized spacial score (nSPS) is 13.1. The summed E-state index contributed by atoms with van der Waals surface area (Å²) >= 11 is 0. The lowest BCUT2D eigenvalue weighted by Gasteiger charge is -2.39. The van der Waals surface area contributed by atoms with Crippen molar-refractivity contribution in [3.05, 3.63) is 46.8 Å². The van der Waals surface area contributed by atoms with Crippen LogP contribution in [-0.4, -0.2) is 36.2 Å². The van der Waals surface area contributed by atoms with Crippen molar-refractivity contribution in [2.45, 2.75) is 99.8 Å². The molecule has 0 bridgehead atoms. The van der Waals surface area contributed by atoms with Gasteiger partial charge in [0.2, 0.25) is 5.52 Å². The van der Waals surface area contributed by atoms with Crippen LogP contribution < -0.4 is 4.89 Å². The molecule has 0 saturated heterocycles. The van der Waals surface area contributed by atoms with Crippen molar-refractivity contribution in [3.63, 3.8) is 0 Å². The Morgan fingerprint density at radius 3 is 1.45 bits per heavy atom. The van der Waals surface area contributed by atoms with Gasteiger partial charge in [-0.1, -0.05) is 77.7 Å². The second-order valence-electron chi connectivity index (χ2n) is 9.51. The average Bonchev–Trinajstić information content (AvgIpc) is 2.77. The molecule has 0 radical (unpaired) electrons. The van der Waals surface area contributed by atoms with Gasteiger partial charge in [-0.15, -0.1) is 0 Å². The largest absolute Gasteiger partial charge is 0.791 e. The number of carbonyl (C=O) groups is 1. The predicted molar refractivity (Wildman–Crippen MR) is 142 cm³/mol. The smallest absolute Gasteiger partial charge is 0.211 e. The van der Waals surface area contributed by atoms with Gasteiger partial charge in [0.25, 0.3) is 0 Å². The van der Waals surface area contributed by atoms with Gasteiger partial charge in [0.15, 0.2) is 0 Å². The minimum Gasteiger partial charge on any atom is -0.791 e. The standard InChI is InChI=1S/C16H36N.C12H15O3P/c1-5-9-13-17(14-10-6-2,15-11-7-3)16-12-8-4;1-5-16(14,15)12(13)11-9(3)6-8(2)7-10(11)4/h5-16H2,1-4H3;5-7H,1H2,2-4H3,(H,14,15)/q+1;/p-1. The highest BCUT2D eigenvalue weighted by molar-refractivity contribution is 7.77. The summed E-state index contributed by atoms with van der Waals surface area (Å²) < 4.78 is 12.9. The van der Waals surface area contributed by atoms with E-state index in [4.69, 9.17) is 0 Å². The molecule has 0 aliphatic heterocycles. The van der Waals surface area contributed by atoms with E-state index in [0.717, 1.165) is 5.56 Å². The highest BCUT2D eigenvalue weighted by Crippen LogP contribution is 2.42. The van der Waals surface area contributed by atoms with Crippen LogP contribution in [0.4, 0.5) is 0 Å². The molecular weight excluding hydrogens is 429 g/mol. The zero-order valence-corrected chi connectivity index (χ0v) is 23.4. The number of rotatable bonds is 15. The topological polar surface area (TPSA) is 57.2 Å². The van der Waals surface area contributed by atoms with E-state index in [2.05, 4.69) is 34.3 Å². The molecule has 0 aliphatic carbocycles. The maximum absolute atomic E-state index is 11.8. The first-order valence-corrected chi connectivity index (χ1v) is 14.7. The first-order valence-electron chi connectivity index (χ1n) is 13.0. The molecule has 190 valence electrons. The van der Waals surface area contributed by atoms with Crippen LogP contribution in [0.3, 0.4) is 0 Å². The summed E-state index contributed by atoms with van der Waals surface area (Å²) in [6.45, 7) is 23.5. The third-order valence-electron chi connectivity index (χ3n) is 6.36. The molecule has 0 saturated carbocycles. The molecule has 0 fully saturated rings. The Kier molecular flexibility index (Phi) is 15.8. The maximum Gasteiger partial charge on any atom is 0.211 e. The third-order valence-corrected chi connectivity index (χ3v) is 7.63. The summed E-state index contributed by atoms with van der Waals surface area (Å²) in [4.78, 5) is 23.3. The molecule has 0 aliphatic rings. The molecule has 33 heavy (non-hydrogen) atoms. The summed E-state index contributed by atoms with van der Waals surface area (Å²) in [5, 5.41) is 0. The lowest BCUT2D eigenvalue weighted by molar-refractivity contribution is -0.929. The predicted octanol–water partition coefficient (Wildman–Crippen LogP) is 7.54. The molecule has 0 heterocycles. The number of hydrogen-bond acceptors (Lipinski definition) is 3. The number of unbranched alkanes of at least 4 members (excludes halogenated alkanes) is 4. The third kappa shape index (κ3) is 11.2. The van der Waals surface area contributed by atoms with Gasteiger partial charge in [-0.25, -0.2) is 0 Å². The molecule has 1 atom stereocenters. The lowest BCUT2D eigenvalue weighted by Crippen LogP contribution is -2.50. The van der Waals surface area contributed by atoms with E-state index in [0.29, 0.717) is 16.9 Å². The van der Waals surface area contributed by atoms with E-state index in [9.17, 15) is 14.3 Å². The Bertz CT molecular complexity index is 712. The van der Waals surface area contributed by atoms with E-state index < -0.39 is 12.9 Å². The van der Waals surface area contributed by atoms with Crippen molar-refractivity contribution in [1.82, 2.24) is 0 Å². The number of quaternary nitrogens is 1. The fourth-order valence-electron chi connectivity index (χ4n) is 4.40. The summed E-state index contributed by atoms with van der Waals surface area (Å²) in [5.74, 6) is 0.716. The zero-order chi connectivity index (χ0) is 25.5. The molecule has 0 N–H and O–H groups in total. The van der Waals surface area contributed by atoms with Crippen LogP contribution in [-0.2, 0) is 4.57 Å². The van der Waals surface area contributed by atoms with Gasteiger partial charge >= 0.3 is 0 Å². The number of benzene rings is 1. The van der Waals surface area contributed by atoms with Crippen molar-refractivity contribution in [2.24, 2.45) is 0 Å². The van der Waals surface area contributed by atoms with Crippen molar-refractivity contribution in [2.75, 3.05) is 26.2 Å². The molecule has 1 aromatic carbocycles. The van der Waals surface area contributed by atoms with Crippen LogP contribution in [0.15, 0.2) is 24.5 Å². The SMILES string of the molecule is C=CP(=O)([O-])C(=O)c1c(C)cc(C)cc1C.CCCC[N+](CCCC)(CCCC)CCCC. The number of aryl methyl sites for hydroxylation is 3. The Hall–Kier alpha value is -1.22. The van der Waals surface area contributed by atoms with E-state index in [1.54, 1.807) is 26.0 Å². The lowest BCUT2D eigenvalue weighted by atomic mass is 10.0. The van der Waals surface area contributed by atoms with Gasteiger partial charge in [0, 0.05) is 5.56 Å². The highest BCUT2D eigenvalue weighted by atomic mass is 31.2. The van der Waals surface area contributed by atoms with Crippen molar-refractivity contribution in [1.29, 1.82) is 0 Å². The highest BCUT2D eigenvalue weighted by Gasteiger charge is 2.24. The molecule has 0 spiro atoms. The Balaban J connectivity index is 0.000000621. The van der Waals surface area contributed by atoms with Gasteiger partial charge in [-0.2, -0.15) is 0 Å². The zero-order valence-electron chi connectivity index (χ0n) is 22.5. The van der Waals surface area contributed by atoms with Crippen LogP contribution in [0, 0.1) is 20.8 Å². The molecule has 0 amide bonds. The number of nitrogens with zero attached hydrogens (tertiary/aromatic N) is 1. The summed E-state index contributed by atoms with van der Waals surface area (Å²) in [6, 6.07) is 3.59. The van der Waals surface area contributed by atoms with Crippen LogP contribution in [0.1, 0.15) is 106 Å². The average molecular weight is 480 g/mol. The first-order chi connectivity index (χ1) is 15.5. The fraction of sp³-hybridized carbons (Fsp3) is 0.679. The molecule has 0 aromatic heterocycles. The summed E-state index contributed by atoms with van der Waals surface area (Å²) in [5.41, 5.74) is 1.79. The van der Waals surface area contributed by atoms with Crippen LogP contribution in [0.2, 0.25) is 0 Å². The van der Waals surface area contributed by atoms with Crippen molar-refractivity contribution >= 4 is 12.9 Å². The van der Waals surface area contributed by atoms with Crippen LogP contribution >= 0.6 is 7.37 Å². The second-order valence-corrected chi connectivity index (χ2v) is 11.5. The second kappa shape index (κ2) is 16.4. The first kappa shape index (κ1) is 31.8. The minimum atomic E-state index is -4.18. The Morgan fingerprint density at radius 2 is 1.18 bits per heavy atom. The quantitative estimate of drug-likeness (QED) is 0.193. The molecule has 5 heteroatoms. The van der Waals surface area contributed by atoms with Crippen molar-refractivity contribution in [3.8, 4) is 0 Å². The monoisotopic (exact) mass is 479 g/mol. The molecule has 1 aromatic rings. The minimum absolute atomic E-state index is 0.267. The summed E-state index contributed by atoms with van der Waals surface area (Å²) in [6.07, 6.45) is 11.1. The fourth-order valence-corrected chi connectivity index (χ4v) is 5.23. The molecular formula is C28H50NO3P. The van der Waals surface area contributed by atoms with Gasteiger partial charge in [0.05, 0.1) is 26.2 Å². The Labute approximate surface area is 204 Å². The van der Waals surface area contributed by atoms with Gasteiger partial charge in [-0.05, 0) is 63.4 Å². The maximum atomic E-state index is 11.8. The van der Waals surface area contributed by atoms with Gasteiger partial charge < -0.3 is 13.9 Å². The molecule has 4 nitrogen and oxygen atoms in total. The van der Waals surface area contributed by atoms with Gasteiger partial charge in [0.1, 0.15) is 7.37 Å². The van der Waals surface area contributed by atoms with E-state index in [-0.39, 0.29) is 5.56 Å². The number of hydrogen-bond donors (Lipinski definition) is 0. The van der Waals surface area contributed by atoms with Gasteiger partial charge in [-0.3, -0.25) is 4.79 Å².